The van der Waals surface area contributed by atoms with Gasteiger partial charge in [-0.25, -0.2) is 0 Å². The first-order valence-corrected chi connectivity index (χ1v) is 22.4. The van der Waals surface area contributed by atoms with Crippen molar-refractivity contribution in [3.63, 3.8) is 0 Å². The minimum atomic E-state index is 1.17. The Bertz CT molecular complexity index is 3750. The number of hydrogen-bond donors (Lipinski definition) is 0. The van der Waals surface area contributed by atoms with Crippen LogP contribution < -0.4 is 9.80 Å². The molecule has 4 heterocycles. The molecule has 0 radical (unpaired) electrons. The Balaban J connectivity index is 1.10. The van der Waals surface area contributed by atoms with E-state index in [4.69, 9.17) is 0 Å². The Kier molecular flexibility index (Phi) is 7.67. The van der Waals surface area contributed by atoms with Crippen LogP contribution in [0.1, 0.15) is 33.4 Å². The Labute approximate surface area is 372 Å². The molecule has 13 aromatic rings. The van der Waals surface area contributed by atoms with Gasteiger partial charge in [-0.05, 0) is 148 Å². The highest BCUT2D eigenvalue weighted by atomic mass is 15.2. The van der Waals surface area contributed by atoms with Crippen molar-refractivity contribution in [1.29, 1.82) is 0 Å². The lowest BCUT2D eigenvalue weighted by atomic mass is 10.0. The molecule has 0 fully saturated rings. The normalized spacial score (nSPS) is 12.2. The van der Waals surface area contributed by atoms with Crippen molar-refractivity contribution in [3.05, 3.63) is 203 Å². The number of aromatic nitrogens is 2. The van der Waals surface area contributed by atoms with Gasteiger partial charge in [-0.3, -0.25) is 0 Å². The third-order valence-corrected chi connectivity index (χ3v) is 13.9. The van der Waals surface area contributed by atoms with Gasteiger partial charge in [0.15, 0.2) is 0 Å². The molecule has 0 unspecified atom stereocenters. The lowest BCUT2D eigenvalue weighted by molar-refractivity contribution is 1.24. The summed E-state index contributed by atoms with van der Waals surface area (Å²) in [6.07, 6.45) is 0. The Morgan fingerprint density at radius 2 is 0.656 bits per heavy atom. The van der Waals surface area contributed by atoms with Gasteiger partial charge in [0.05, 0.1) is 44.5 Å². The Morgan fingerprint density at radius 3 is 1.06 bits per heavy atom. The molecule has 0 spiro atoms. The summed E-state index contributed by atoms with van der Waals surface area (Å²) in [5.41, 5.74) is 22.0. The summed E-state index contributed by atoms with van der Waals surface area (Å²) >= 11 is 0. The molecule has 0 atom stereocenters. The van der Waals surface area contributed by atoms with E-state index in [1.807, 2.05) is 0 Å². The summed E-state index contributed by atoms with van der Waals surface area (Å²) in [6, 6.07) is 63.9. The zero-order valence-corrected chi connectivity index (χ0v) is 37.0. The molecule has 0 aliphatic carbocycles. The highest BCUT2D eigenvalue weighted by Gasteiger charge is 2.27. The van der Waals surface area contributed by atoms with Crippen molar-refractivity contribution in [2.24, 2.45) is 0 Å². The van der Waals surface area contributed by atoms with E-state index >= 15 is 0 Å². The summed E-state index contributed by atoms with van der Waals surface area (Å²) < 4.78 is 5.09. The number of hydrogen-bond acceptors (Lipinski definition) is 2. The first-order valence-electron chi connectivity index (χ1n) is 22.4. The molecule has 4 heteroatoms. The van der Waals surface area contributed by atoms with Crippen LogP contribution in [0.15, 0.2) is 170 Å². The predicted molar refractivity (Wildman–Crippen MR) is 274 cm³/mol. The van der Waals surface area contributed by atoms with Gasteiger partial charge in [0.1, 0.15) is 0 Å². The average Bonchev–Trinajstić information content (AvgIpc) is 4.01. The van der Waals surface area contributed by atoms with Crippen molar-refractivity contribution in [2.45, 2.75) is 41.5 Å². The number of fused-ring (bicyclic) bond motifs is 12. The summed E-state index contributed by atoms with van der Waals surface area (Å²) in [4.78, 5) is 4.96. The van der Waals surface area contributed by atoms with Crippen LogP contribution in [-0.4, -0.2) is 8.80 Å². The maximum atomic E-state index is 2.55. The molecule has 0 amide bonds. The third kappa shape index (κ3) is 5.05. The number of anilines is 6. The fourth-order valence-corrected chi connectivity index (χ4v) is 11.5. The van der Waals surface area contributed by atoms with Crippen molar-refractivity contribution in [3.8, 4) is 0 Å². The fraction of sp³-hybridized carbons (Fsp3) is 0.100. The van der Waals surface area contributed by atoms with Crippen LogP contribution in [0.5, 0.6) is 0 Å². The van der Waals surface area contributed by atoms with Crippen molar-refractivity contribution in [1.82, 2.24) is 8.80 Å². The molecule has 4 aromatic heterocycles. The zero-order chi connectivity index (χ0) is 43.1. The summed E-state index contributed by atoms with van der Waals surface area (Å²) in [7, 11) is 0. The van der Waals surface area contributed by atoms with E-state index in [2.05, 4.69) is 230 Å². The summed E-state index contributed by atoms with van der Waals surface area (Å²) in [5, 5.41) is 10.2. The molecule has 4 nitrogen and oxygen atoms in total. The van der Waals surface area contributed by atoms with Crippen molar-refractivity contribution >= 4 is 110 Å². The highest BCUT2D eigenvalue weighted by molar-refractivity contribution is 6.31. The first kappa shape index (κ1) is 36.8. The number of para-hydroxylation sites is 4. The minimum absolute atomic E-state index is 1.17. The van der Waals surface area contributed by atoms with Gasteiger partial charge in [-0.2, -0.15) is 0 Å². The second kappa shape index (κ2) is 13.3. The second-order valence-electron chi connectivity index (χ2n) is 18.2. The number of aryl methyl sites for hydroxylation is 6. The Morgan fingerprint density at radius 1 is 0.297 bits per heavy atom. The second-order valence-corrected chi connectivity index (χ2v) is 18.2. The number of benzene rings is 9. The lowest BCUT2D eigenvalue weighted by Gasteiger charge is -2.28. The molecule has 9 aromatic carbocycles. The molecule has 306 valence electrons. The van der Waals surface area contributed by atoms with E-state index in [9.17, 15) is 0 Å². The molecule has 0 saturated carbocycles. The molecule has 0 saturated heterocycles. The maximum Gasteiger partial charge on any atom is 0.0621 e. The molecule has 0 aliphatic heterocycles. The van der Waals surface area contributed by atoms with Gasteiger partial charge in [0, 0.05) is 65.8 Å². The van der Waals surface area contributed by atoms with E-state index in [0.29, 0.717) is 0 Å². The fourth-order valence-electron chi connectivity index (χ4n) is 11.5. The third-order valence-electron chi connectivity index (χ3n) is 13.9. The van der Waals surface area contributed by atoms with Crippen LogP contribution in [0.25, 0.3) is 76.2 Å². The molecule has 0 N–H and O–H groups in total. The average molecular weight is 823 g/mol. The summed E-state index contributed by atoms with van der Waals surface area (Å²) in [6.45, 7) is 13.2. The van der Waals surface area contributed by atoms with E-state index in [1.165, 1.54) is 144 Å². The minimum Gasteiger partial charge on any atom is -0.310 e. The molecular weight excluding hydrogens is 777 g/mol. The lowest BCUT2D eigenvalue weighted by Crippen LogP contribution is -2.12. The van der Waals surface area contributed by atoms with Crippen LogP contribution >= 0.6 is 0 Å². The maximum absolute atomic E-state index is 2.55. The number of rotatable bonds is 6. The van der Waals surface area contributed by atoms with E-state index < -0.39 is 0 Å². The zero-order valence-electron chi connectivity index (χ0n) is 37.0. The molecule has 13 rings (SSSR count). The Hall–Kier alpha value is -7.82. The largest absolute Gasteiger partial charge is 0.310 e. The monoisotopic (exact) mass is 822 g/mol. The molecule has 64 heavy (non-hydrogen) atoms. The van der Waals surface area contributed by atoms with Gasteiger partial charge in [0.2, 0.25) is 0 Å². The van der Waals surface area contributed by atoms with E-state index in [1.54, 1.807) is 0 Å². The SMILES string of the molecule is Cc1cc(C)cc(N(c2ccccc2C)c2cccc3c2c2cccc4c5cc6c(cc5n3c42)c2cccc3c4c(N(c5cc(C)cc(C)c5)c5ccccc5C)cccc4n6c23)c1. The number of nitrogens with zero attached hydrogens (tertiary/aromatic N) is 4. The van der Waals surface area contributed by atoms with Crippen LogP contribution in [0.3, 0.4) is 0 Å². The van der Waals surface area contributed by atoms with Gasteiger partial charge in [0.25, 0.3) is 0 Å². The quantitative estimate of drug-likeness (QED) is 0.166. The van der Waals surface area contributed by atoms with Gasteiger partial charge < -0.3 is 18.6 Å². The van der Waals surface area contributed by atoms with Gasteiger partial charge in [-0.15, -0.1) is 0 Å². The smallest absolute Gasteiger partial charge is 0.0621 e. The van der Waals surface area contributed by atoms with E-state index in [-0.39, 0.29) is 0 Å². The standard InChI is InChI=1S/C60H46N4/c1-35-27-36(2)30-41(29-35)61(49-21-9-7-15-39(49)5)51-23-13-25-53-57(51)45-19-11-17-43-47-34-56-48(33-55(47)63(53)59(43)45)44-18-12-20-46-58-52(24-14-26-54(58)64(56)60(44)46)62(50-22-10-8-16-40(50)6)42-31-37(3)28-38(4)32-42/h7-34H,1-6H3. The molecule has 0 aliphatic rings. The van der Waals surface area contributed by atoms with Crippen LogP contribution in [0, 0.1) is 41.5 Å². The predicted octanol–water partition coefficient (Wildman–Crippen LogP) is 16.8. The van der Waals surface area contributed by atoms with Gasteiger partial charge >= 0.3 is 0 Å². The van der Waals surface area contributed by atoms with Crippen LogP contribution in [-0.2, 0) is 0 Å². The van der Waals surface area contributed by atoms with E-state index in [0.717, 1.165) is 0 Å². The summed E-state index contributed by atoms with van der Waals surface area (Å²) in [5.74, 6) is 0. The highest BCUT2D eigenvalue weighted by Crippen LogP contribution is 2.50. The molecule has 0 bridgehead atoms. The topological polar surface area (TPSA) is 15.3 Å². The van der Waals surface area contributed by atoms with Crippen LogP contribution in [0.2, 0.25) is 0 Å². The van der Waals surface area contributed by atoms with Crippen molar-refractivity contribution < 1.29 is 0 Å². The first-order chi connectivity index (χ1) is 31.2. The van der Waals surface area contributed by atoms with Crippen LogP contribution in [0.4, 0.5) is 34.1 Å². The van der Waals surface area contributed by atoms with Crippen molar-refractivity contribution in [2.75, 3.05) is 9.80 Å². The molecular formula is C60H46N4. The van der Waals surface area contributed by atoms with Gasteiger partial charge in [-0.1, -0.05) is 97.1 Å².